The number of carbonyl (C=O) groups is 1. The molecule has 0 unspecified atom stereocenters. The number of halogens is 1. The molecule has 2 aromatic rings. The van der Waals surface area contributed by atoms with E-state index in [0.29, 0.717) is 47.6 Å². The van der Waals surface area contributed by atoms with Crippen molar-refractivity contribution in [3.63, 3.8) is 0 Å². The summed E-state index contributed by atoms with van der Waals surface area (Å²) in [6.45, 7) is 3.46. The number of carbonyl (C=O) groups excluding carboxylic acids is 1. The van der Waals surface area contributed by atoms with Crippen molar-refractivity contribution in [1.29, 1.82) is 0 Å². The number of fused-ring (bicyclic) bond motifs is 1. The van der Waals surface area contributed by atoms with Crippen LogP contribution in [-0.2, 0) is 0 Å². The highest BCUT2D eigenvalue weighted by molar-refractivity contribution is 6.32. The Hall–Kier alpha value is -2.40. The molecule has 5 nitrogen and oxygen atoms in total. The lowest BCUT2D eigenvalue weighted by atomic mass is 10.1. The highest BCUT2D eigenvalue weighted by Gasteiger charge is 2.26. The number of rotatable bonds is 5. The van der Waals surface area contributed by atoms with E-state index >= 15 is 0 Å². The Morgan fingerprint density at radius 1 is 1.32 bits per heavy atom. The van der Waals surface area contributed by atoms with Crippen LogP contribution in [0.2, 0.25) is 5.02 Å². The Morgan fingerprint density at radius 2 is 2.12 bits per heavy atom. The molecule has 0 radical (unpaired) electrons. The largest absolute Gasteiger partial charge is 0.493 e. The fourth-order valence-electron chi connectivity index (χ4n) is 2.72. The molecule has 6 heteroatoms. The molecule has 0 saturated heterocycles. The third-order valence-electron chi connectivity index (χ3n) is 3.90. The van der Waals surface area contributed by atoms with Crippen LogP contribution < -0.4 is 19.1 Å². The summed E-state index contributed by atoms with van der Waals surface area (Å²) in [5.41, 5.74) is 1.20. The summed E-state index contributed by atoms with van der Waals surface area (Å²) in [6, 6.07) is 10.8. The standard InChI is InChI=1S/C19H20ClNO4/c1-3-9-25-18-14(20)11-13(12-17(18)23-2)19(22)21-8-10-24-16-7-5-4-6-15(16)21/h4-7,11-12H,3,8-10H2,1-2H3. The molecule has 2 aromatic carbocycles. The van der Waals surface area contributed by atoms with Crippen molar-refractivity contribution in [2.75, 3.05) is 31.8 Å². The number of ether oxygens (including phenoxy) is 3. The minimum Gasteiger partial charge on any atom is -0.493 e. The van der Waals surface area contributed by atoms with Crippen molar-refractivity contribution in [3.05, 3.63) is 47.0 Å². The molecule has 0 bridgehead atoms. The lowest BCUT2D eigenvalue weighted by Gasteiger charge is -2.29. The first-order valence-electron chi connectivity index (χ1n) is 8.19. The monoisotopic (exact) mass is 361 g/mol. The molecule has 1 amide bonds. The minimum atomic E-state index is -0.155. The van der Waals surface area contributed by atoms with Crippen molar-refractivity contribution in [3.8, 4) is 17.2 Å². The van der Waals surface area contributed by atoms with Gasteiger partial charge in [0.05, 0.1) is 31.0 Å². The molecule has 0 saturated carbocycles. The number of methoxy groups -OCH3 is 1. The van der Waals surface area contributed by atoms with E-state index in [-0.39, 0.29) is 5.91 Å². The summed E-state index contributed by atoms with van der Waals surface area (Å²) in [7, 11) is 1.53. The summed E-state index contributed by atoms with van der Waals surface area (Å²) >= 11 is 6.33. The second kappa shape index (κ2) is 7.66. The molecule has 0 fully saturated rings. The fraction of sp³-hybridized carbons (Fsp3) is 0.316. The smallest absolute Gasteiger partial charge is 0.258 e. The van der Waals surface area contributed by atoms with Crippen LogP contribution in [0.15, 0.2) is 36.4 Å². The first-order chi connectivity index (χ1) is 12.2. The first-order valence-corrected chi connectivity index (χ1v) is 8.57. The van der Waals surface area contributed by atoms with Gasteiger partial charge in [0.15, 0.2) is 11.5 Å². The number of hydrogen-bond acceptors (Lipinski definition) is 4. The summed E-state index contributed by atoms with van der Waals surface area (Å²) in [5.74, 6) is 1.46. The van der Waals surface area contributed by atoms with Crippen LogP contribution >= 0.6 is 11.6 Å². The molecule has 0 atom stereocenters. The van der Waals surface area contributed by atoms with Gasteiger partial charge in [-0.25, -0.2) is 0 Å². The summed E-state index contributed by atoms with van der Waals surface area (Å²) < 4.78 is 16.6. The van der Waals surface area contributed by atoms with E-state index in [0.717, 1.165) is 12.1 Å². The molecule has 1 aliphatic rings. The van der Waals surface area contributed by atoms with E-state index < -0.39 is 0 Å². The highest BCUT2D eigenvalue weighted by atomic mass is 35.5. The van der Waals surface area contributed by atoms with Gasteiger partial charge in [-0.05, 0) is 30.7 Å². The molecule has 0 aromatic heterocycles. The van der Waals surface area contributed by atoms with E-state index in [1.165, 1.54) is 7.11 Å². The van der Waals surface area contributed by atoms with Gasteiger partial charge in [0.1, 0.15) is 12.4 Å². The van der Waals surface area contributed by atoms with Crippen LogP contribution in [0.4, 0.5) is 5.69 Å². The van der Waals surface area contributed by atoms with Gasteiger partial charge in [0.2, 0.25) is 0 Å². The van der Waals surface area contributed by atoms with E-state index in [2.05, 4.69) is 0 Å². The van der Waals surface area contributed by atoms with Gasteiger partial charge in [0.25, 0.3) is 5.91 Å². The highest BCUT2D eigenvalue weighted by Crippen LogP contribution is 2.38. The third-order valence-corrected chi connectivity index (χ3v) is 4.18. The molecule has 0 aliphatic carbocycles. The Balaban J connectivity index is 1.94. The Morgan fingerprint density at radius 3 is 2.88 bits per heavy atom. The maximum Gasteiger partial charge on any atom is 0.258 e. The van der Waals surface area contributed by atoms with E-state index in [9.17, 15) is 4.79 Å². The van der Waals surface area contributed by atoms with E-state index in [1.807, 2.05) is 31.2 Å². The number of amides is 1. The van der Waals surface area contributed by atoms with Crippen LogP contribution in [0.25, 0.3) is 0 Å². The summed E-state index contributed by atoms with van der Waals surface area (Å²) in [5, 5.41) is 0.359. The number of hydrogen-bond donors (Lipinski definition) is 0. The summed E-state index contributed by atoms with van der Waals surface area (Å²) in [4.78, 5) is 14.7. The molecular weight excluding hydrogens is 342 g/mol. The average molecular weight is 362 g/mol. The van der Waals surface area contributed by atoms with Gasteiger partial charge in [0, 0.05) is 5.56 Å². The van der Waals surface area contributed by atoms with Crippen LogP contribution in [0.5, 0.6) is 17.2 Å². The van der Waals surface area contributed by atoms with E-state index in [1.54, 1.807) is 17.0 Å². The second-order valence-electron chi connectivity index (χ2n) is 5.61. The molecule has 132 valence electrons. The zero-order valence-electron chi connectivity index (χ0n) is 14.3. The van der Waals surface area contributed by atoms with Gasteiger partial charge in [-0.3, -0.25) is 4.79 Å². The number of para-hydroxylation sites is 2. The van der Waals surface area contributed by atoms with E-state index in [4.69, 9.17) is 25.8 Å². The molecular formula is C19H20ClNO4. The van der Waals surface area contributed by atoms with Crippen LogP contribution in [0, 0.1) is 0 Å². The normalized spacial score (nSPS) is 13.0. The van der Waals surface area contributed by atoms with Crippen LogP contribution in [0.3, 0.4) is 0 Å². The number of benzene rings is 2. The van der Waals surface area contributed by atoms with Gasteiger partial charge < -0.3 is 19.1 Å². The lowest BCUT2D eigenvalue weighted by Crippen LogP contribution is -2.37. The molecule has 0 spiro atoms. The summed E-state index contributed by atoms with van der Waals surface area (Å²) in [6.07, 6.45) is 0.852. The minimum absolute atomic E-state index is 0.155. The van der Waals surface area contributed by atoms with Crippen molar-refractivity contribution in [2.24, 2.45) is 0 Å². The molecule has 1 aliphatic heterocycles. The predicted molar refractivity (Wildman–Crippen MR) is 97.4 cm³/mol. The molecule has 0 N–H and O–H groups in total. The van der Waals surface area contributed by atoms with Crippen molar-refractivity contribution in [1.82, 2.24) is 0 Å². The van der Waals surface area contributed by atoms with Gasteiger partial charge >= 0.3 is 0 Å². The van der Waals surface area contributed by atoms with Crippen LogP contribution in [0.1, 0.15) is 23.7 Å². The quantitative estimate of drug-likeness (QED) is 0.801. The molecule has 25 heavy (non-hydrogen) atoms. The Bertz CT molecular complexity index is 778. The van der Waals surface area contributed by atoms with Gasteiger partial charge in [-0.1, -0.05) is 30.7 Å². The molecule has 1 heterocycles. The van der Waals surface area contributed by atoms with Crippen molar-refractivity contribution < 1.29 is 19.0 Å². The second-order valence-corrected chi connectivity index (χ2v) is 6.02. The zero-order chi connectivity index (χ0) is 17.8. The van der Waals surface area contributed by atoms with Crippen LogP contribution in [-0.4, -0.2) is 32.8 Å². The number of nitrogens with zero attached hydrogens (tertiary/aromatic N) is 1. The van der Waals surface area contributed by atoms with Gasteiger partial charge in [-0.2, -0.15) is 0 Å². The maximum atomic E-state index is 13.0. The fourth-order valence-corrected chi connectivity index (χ4v) is 2.99. The lowest BCUT2D eigenvalue weighted by molar-refractivity contribution is 0.0976. The first kappa shape index (κ1) is 17.4. The Kier molecular flexibility index (Phi) is 5.34. The van der Waals surface area contributed by atoms with Crippen molar-refractivity contribution in [2.45, 2.75) is 13.3 Å². The maximum absolute atomic E-state index is 13.0. The zero-order valence-corrected chi connectivity index (χ0v) is 15.0. The van der Waals surface area contributed by atoms with Gasteiger partial charge in [-0.15, -0.1) is 0 Å². The number of anilines is 1. The predicted octanol–water partition coefficient (Wildman–Crippen LogP) is 4.18. The third kappa shape index (κ3) is 3.51. The SMILES string of the molecule is CCCOc1c(Cl)cc(C(=O)N2CCOc3ccccc32)cc1OC. The van der Waals surface area contributed by atoms with Crippen molar-refractivity contribution >= 4 is 23.2 Å². The topological polar surface area (TPSA) is 48.0 Å². The Labute approximate surface area is 152 Å². The average Bonchev–Trinajstić information content (AvgIpc) is 2.65. The molecule has 3 rings (SSSR count).